The number of thiophene rings is 1. The zero-order valence-electron chi connectivity index (χ0n) is 15.6. The third-order valence-electron chi connectivity index (χ3n) is 4.25. The molecule has 4 rings (SSSR count). The van der Waals surface area contributed by atoms with E-state index in [4.69, 9.17) is 0 Å². The Hall–Kier alpha value is -3.41. The fraction of sp³-hybridized carbons (Fsp3) is 0. The average molecular weight is 472 g/mol. The molecule has 0 bridgehead atoms. The topological polar surface area (TPSA) is 119 Å². The summed E-state index contributed by atoms with van der Waals surface area (Å²) in [6, 6.07) is 14.2. The Balaban J connectivity index is 1.49. The summed E-state index contributed by atoms with van der Waals surface area (Å²) >= 11 is 2.90. The van der Waals surface area contributed by atoms with Crippen LogP contribution < -0.4 is 5.32 Å². The Morgan fingerprint density at radius 2 is 1.61 bits per heavy atom. The highest BCUT2D eigenvalue weighted by Gasteiger charge is 2.19. The third-order valence-corrected chi connectivity index (χ3v) is 7.92. The highest BCUT2D eigenvalue weighted by atomic mass is 32.2. The molecular formula is C20H13N3O5S3. The van der Waals surface area contributed by atoms with Crippen molar-refractivity contribution in [1.82, 2.24) is 4.98 Å². The van der Waals surface area contributed by atoms with Gasteiger partial charge in [0.1, 0.15) is 10.7 Å². The predicted molar refractivity (Wildman–Crippen MR) is 118 cm³/mol. The Morgan fingerprint density at radius 1 is 0.968 bits per heavy atom. The largest absolute Gasteiger partial charge is 0.321 e. The maximum Gasteiger partial charge on any atom is 0.275 e. The van der Waals surface area contributed by atoms with Crippen molar-refractivity contribution in [1.29, 1.82) is 0 Å². The molecule has 8 nitrogen and oxygen atoms in total. The van der Waals surface area contributed by atoms with Gasteiger partial charge < -0.3 is 5.32 Å². The number of nitro groups is 1. The highest BCUT2D eigenvalue weighted by Crippen LogP contribution is 2.28. The second-order valence-electron chi connectivity index (χ2n) is 6.25. The van der Waals surface area contributed by atoms with Crippen LogP contribution >= 0.6 is 22.7 Å². The fourth-order valence-corrected chi connectivity index (χ4v) is 5.56. The normalized spacial score (nSPS) is 11.2. The van der Waals surface area contributed by atoms with Crippen LogP contribution in [0.1, 0.15) is 10.5 Å². The van der Waals surface area contributed by atoms with Crippen molar-refractivity contribution in [2.24, 2.45) is 0 Å². The molecule has 156 valence electrons. The van der Waals surface area contributed by atoms with Gasteiger partial charge in [0.25, 0.3) is 11.6 Å². The molecule has 0 unspecified atom stereocenters. The first kappa shape index (κ1) is 20.8. The molecule has 0 aliphatic carbocycles. The van der Waals surface area contributed by atoms with Gasteiger partial charge in [0.2, 0.25) is 9.84 Å². The van der Waals surface area contributed by atoms with Crippen LogP contribution in [0.2, 0.25) is 0 Å². The first-order valence-electron chi connectivity index (χ1n) is 8.75. The molecule has 1 N–H and O–H groups in total. The van der Waals surface area contributed by atoms with E-state index in [0.717, 1.165) is 22.0 Å². The van der Waals surface area contributed by atoms with E-state index in [1.807, 2.05) is 17.5 Å². The van der Waals surface area contributed by atoms with E-state index in [-0.39, 0.29) is 21.2 Å². The van der Waals surface area contributed by atoms with Crippen molar-refractivity contribution >= 4 is 49.8 Å². The van der Waals surface area contributed by atoms with Crippen LogP contribution in [0, 0.1) is 10.1 Å². The van der Waals surface area contributed by atoms with Crippen LogP contribution in [0.25, 0.3) is 9.88 Å². The van der Waals surface area contributed by atoms with Gasteiger partial charge in [-0.2, -0.15) is 0 Å². The van der Waals surface area contributed by atoms with Gasteiger partial charge in [-0.05, 0) is 47.8 Å². The van der Waals surface area contributed by atoms with Gasteiger partial charge in [0.15, 0.2) is 0 Å². The smallest absolute Gasteiger partial charge is 0.275 e. The lowest BCUT2D eigenvalue weighted by Crippen LogP contribution is -2.12. The van der Waals surface area contributed by atoms with Gasteiger partial charge in [0.05, 0.1) is 19.6 Å². The number of hydrogen-bond acceptors (Lipinski definition) is 8. The number of nitrogens with zero attached hydrogens (tertiary/aromatic N) is 2. The molecular weight excluding hydrogens is 458 g/mol. The Morgan fingerprint density at radius 3 is 2.19 bits per heavy atom. The first-order chi connectivity index (χ1) is 14.8. The number of nitro benzene ring substituents is 1. The maximum atomic E-state index is 12.7. The van der Waals surface area contributed by atoms with E-state index in [9.17, 15) is 23.3 Å². The number of sulfone groups is 1. The van der Waals surface area contributed by atoms with E-state index in [2.05, 4.69) is 10.3 Å². The molecule has 1 amide bonds. The number of thiazole rings is 1. The minimum Gasteiger partial charge on any atom is -0.321 e. The molecule has 0 saturated heterocycles. The molecule has 0 aliphatic rings. The molecule has 2 heterocycles. The highest BCUT2D eigenvalue weighted by molar-refractivity contribution is 7.91. The zero-order chi connectivity index (χ0) is 22.0. The molecule has 2 aromatic carbocycles. The second kappa shape index (κ2) is 8.38. The molecule has 11 heteroatoms. The molecule has 0 aliphatic heterocycles. The van der Waals surface area contributed by atoms with Crippen LogP contribution in [0.4, 0.5) is 11.4 Å². The molecule has 0 saturated carbocycles. The summed E-state index contributed by atoms with van der Waals surface area (Å²) in [5, 5.41) is 17.8. The minimum atomic E-state index is -3.85. The van der Waals surface area contributed by atoms with E-state index >= 15 is 0 Å². The summed E-state index contributed by atoms with van der Waals surface area (Å²) in [5.41, 5.74) is 0.496. The number of carbonyl (C=O) groups excluding carboxylic acids is 1. The van der Waals surface area contributed by atoms with Crippen molar-refractivity contribution in [3.8, 4) is 9.88 Å². The second-order valence-corrected chi connectivity index (χ2v) is 10.0. The van der Waals surface area contributed by atoms with Crippen LogP contribution in [0.5, 0.6) is 0 Å². The van der Waals surface area contributed by atoms with E-state index in [1.54, 1.807) is 5.38 Å². The quantitative estimate of drug-likeness (QED) is 0.317. The molecule has 0 fully saturated rings. The van der Waals surface area contributed by atoms with Crippen molar-refractivity contribution in [2.75, 3.05) is 5.32 Å². The number of benzene rings is 2. The van der Waals surface area contributed by atoms with Gasteiger partial charge in [0, 0.05) is 23.2 Å². The predicted octanol–water partition coefficient (Wildman–Crippen LogP) is 4.86. The van der Waals surface area contributed by atoms with Crippen LogP contribution in [-0.4, -0.2) is 24.2 Å². The number of carbonyl (C=O) groups is 1. The maximum absolute atomic E-state index is 12.7. The van der Waals surface area contributed by atoms with Crippen molar-refractivity contribution in [3.05, 3.63) is 87.2 Å². The lowest BCUT2D eigenvalue weighted by atomic mass is 10.3. The van der Waals surface area contributed by atoms with Gasteiger partial charge >= 0.3 is 0 Å². The average Bonchev–Trinajstić information content (AvgIpc) is 3.46. The molecule has 4 aromatic rings. The third kappa shape index (κ3) is 4.38. The summed E-state index contributed by atoms with van der Waals surface area (Å²) in [4.78, 5) is 27.9. The standard InChI is InChI=1S/C20H13N3O5S3/c24-19(17-12-30-20(22-17)18-2-1-11-29-18)21-13-3-7-15(8-4-13)31(27,28)16-9-5-14(6-10-16)23(25)26/h1-12H,(H,21,24). The first-order valence-corrected chi connectivity index (χ1v) is 12.0. The van der Waals surface area contributed by atoms with Gasteiger partial charge in [-0.3, -0.25) is 14.9 Å². The molecule has 0 atom stereocenters. The number of anilines is 1. The van der Waals surface area contributed by atoms with Crippen LogP contribution in [0.15, 0.2) is 81.2 Å². The summed E-state index contributed by atoms with van der Waals surface area (Å²) in [7, 11) is -3.85. The van der Waals surface area contributed by atoms with E-state index in [1.165, 1.54) is 59.1 Å². The lowest BCUT2D eigenvalue weighted by Gasteiger charge is -2.07. The van der Waals surface area contributed by atoms with Crippen molar-refractivity contribution in [3.63, 3.8) is 0 Å². The molecule has 0 radical (unpaired) electrons. The summed E-state index contributed by atoms with van der Waals surface area (Å²) in [6.07, 6.45) is 0. The number of hydrogen-bond donors (Lipinski definition) is 1. The Labute approximate surface area is 184 Å². The minimum absolute atomic E-state index is 0.00740. The number of non-ortho nitro benzene ring substituents is 1. The van der Waals surface area contributed by atoms with Crippen molar-refractivity contribution < 1.29 is 18.1 Å². The SMILES string of the molecule is O=C(Nc1ccc(S(=O)(=O)c2ccc([N+](=O)[O-])cc2)cc1)c1csc(-c2cccs2)n1. The number of amides is 1. The van der Waals surface area contributed by atoms with Gasteiger partial charge in [-0.25, -0.2) is 13.4 Å². The van der Waals surface area contributed by atoms with E-state index in [0.29, 0.717) is 5.69 Å². The fourth-order valence-electron chi connectivity index (χ4n) is 2.69. The summed E-state index contributed by atoms with van der Waals surface area (Å²) in [6.45, 7) is 0. The summed E-state index contributed by atoms with van der Waals surface area (Å²) in [5.74, 6) is -0.398. The van der Waals surface area contributed by atoms with Crippen LogP contribution in [-0.2, 0) is 9.84 Å². The number of aromatic nitrogens is 1. The van der Waals surface area contributed by atoms with Gasteiger partial charge in [-0.1, -0.05) is 6.07 Å². The molecule has 2 aromatic heterocycles. The Bertz CT molecular complexity index is 1340. The Kier molecular flexibility index (Phi) is 5.63. The lowest BCUT2D eigenvalue weighted by molar-refractivity contribution is -0.384. The molecule has 31 heavy (non-hydrogen) atoms. The van der Waals surface area contributed by atoms with Crippen molar-refractivity contribution in [2.45, 2.75) is 9.79 Å². The van der Waals surface area contributed by atoms with Crippen LogP contribution in [0.3, 0.4) is 0 Å². The number of nitrogens with one attached hydrogen (secondary N) is 1. The monoisotopic (exact) mass is 471 g/mol. The van der Waals surface area contributed by atoms with E-state index < -0.39 is 20.7 Å². The zero-order valence-corrected chi connectivity index (χ0v) is 18.0. The van der Waals surface area contributed by atoms with Gasteiger partial charge in [-0.15, -0.1) is 22.7 Å². The summed E-state index contributed by atoms with van der Waals surface area (Å²) < 4.78 is 25.4. The number of rotatable bonds is 6. The molecule has 0 spiro atoms.